The van der Waals surface area contributed by atoms with Gasteiger partial charge in [0.25, 0.3) is 11.8 Å². The van der Waals surface area contributed by atoms with Crippen molar-refractivity contribution in [1.82, 2.24) is 29.6 Å². The van der Waals surface area contributed by atoms with Gasteiger partial charge in [0.15, 0.2) is 0 Å². The Morgan fingerprint density at radius 2 is 1.84 bits per heavy atom. The van der Waals surface area contributed by atoms with Crippen LogP contribution in [-0.4, -0.2) is 99.9 Å². The maximum Gasteiger partial charge on any atom is 0.320 e. The number of likely N-dealkylation sites (tertiary alicyclic amines) is 2. The van der Waals surface area contributed by atoms with Gasteiger partial charge < -0.3 is 29.3 Å². The Bertz CT molecular complexity index is 1760. The highest BCUT2D eigenvalue weighted by Gasteiger charge is 2.50. The molecule has 0 radical (unpaired) electrons. The van der Waals surface area contributed by atoms with Crippen LogP contribution in [-0.2, 0) is 4.74 Å². The molecule has 1 spiro atoms. The number of benzene rings is 1. The Morgan fingerprint density at radius 1 is 1.05 bits per heavy atom. The summed E-state index contributed by atoms with van der Waals surface area (Å²) in [7, 11) is 0. The minimum atomic E-state index is -2.80. The van der Waals surface area contributed by atoms with Crippen molar-refractivity contribution in [2.45, 2.75) is 18.8 Å². The SMILES string of the molecule is Cc1ccc(-c2noc(C3CN(C(=O)N4CC(F)(F)C4)C3)n2)cc1NC(=O)c1cnn2ccc(N3CC4(COC4)C3)cc12. The van der Waals surface area contributed by atoms with E-state index in [0.717, 1.165) is 42.5 Å². The number of fused-ring (bicyclic) bond motifs is 1. The standard InChI is InChI=1S/C29H28F2N8O4/c1-17-2-3-18(24-34-26(43-35-24)19-9-36(10-19)27(41)38-13-29(30,31)14-38)6-22(17)33-25(40)21-8-32-39-5-4-20(7-23(21)39)37-11-28(12-37)15-42-16-28/h2-8,19H,9-16H2,1H3,(H,33,40). The Balaban J connectivity index is 0.945. The number of rotatable bonds is 5. The number of urea groups is 1. The summed E-state index contributed by atoms with van der Waals surface area (Å²) in [5.41, 5.74) is 4.62. The Morgan fingerprint density at radius 3 is 2.56 bits per heavy atom. The van der Waals surface area contributed by atoms with E-state index in [4.69, 9.17) is 9.26 Å². The Labute approximate surface area is 244 Å². The lowest BCUT2D eigenvalue weighted by molar-refractivity contribution is -0.127. The molecular weight excluding hydrogens is 562 g/mol. The van der Waals surface area contributed by atoms with Crippen LogP contribution in [0.25, 0.3) is 16.9 Å². The molecule has 0 unspecified atom stereocenters. The van der Waals surface area contributed by atoms with Gasteiger partial charge >= 0.3 is 6.03 Å². The number of halogens is 2. The zero-order valence-electron chi connectivity index (χ0n) is 23.3. The van der Waals surface area contributed by atoms with Crippen LogP contribution in [0.4, 0.5) is 25.0 Å². The first kappa shape index (κ1) is 26.1. The number of amides is 3. The number of carbonyl (C=O) groups is 2. The molecule has 4 aromatic rings. The van der Waals surface area contributed by atoms with Crippen molar-refractivity contribution in [3.63, 3.8) is 0 Å². The van der Waals surface area contributed by atoms with Crippen molar-refractivity contribution >= 4 is 28.8 Å². The highest BCUT2D eigenvalue weighted by molar-refractivity contribution is 6.09. The molecule has 4 fully saturated rings. The number of hydrogen-bond donors (Lipinski definition) is 1. The van der Waals surface area contributed by atoms with E-state index in [1.54, 1.807) is 16.8 Å². The highest BCUT2D eigenvalue weighted by atomic mass is 19.3. The van der Waals surface area contributed by atoms with Gasteiger partial charge in [0.2, 0.25) is 11.7 Å². The van der Waals surface area contributed by atoms with E-state index < -0.39 is 25.0 Å². The van der Waals surface area contributed by atoms with E-state index in [0.29, 0.717) is 47.1 Å². The van der Waals surface area contributed by atoms with E-state index in [-0.39, 0.29) is 17.2 Å². The zero-order chi connectivity index (χ0) is 29.5. The number of pyridine rings is 1. The van der Waals surface area contributed by atoms with Crippen LogP contribution in [0.1, 0.15) is 27.7 Å². The van der Waals surface area contributed by atoms with Crippen LogP contribution in [0.5, 0.6) is 0 Å². The second-order valence-corrected chi connectivity index (χ2v) is 12.2. The van der Waals surface area contributed by atoms with Gasteiger partial charge in [0, 0.05) is 49.3 Å². The lowest BCUT2D eigenvalue weighted by atomic mass is 9.78. The smallest absolute Gasteiger partial charge is 0.320 e. The molecule has 7 heterocycles. The van der Waals surface area contributed by atoms with Crippen molar-refractivity contribution in [3.05, 3.63) is 59.7 Å². The molecule has 1 aromatic carbocycles. The molecule has 0 saturated carbocycles. The first-order valence-corrected chi connectivity index (χ1v) is 14.1. The summed E-state index contributed by atoms with van der Waals surface area (Å²) in [6, 6.07) is 9.10. The third-order valence-electron chi connectivity index (χ3n) is 8.79. The Kier molecular flexibility index (Phi) is 5.58. The predicted octanol–water partition coefficient (Wildman–Crippen LogP) is 3.25. The number of alkyl halides is 2. The molecule has 0 atom stereocenters. The third-order valence-corrected chi connectivity index (χ3v) is 8.79. The van der Waals surface area contributed by atoms with Crippen LogP contribution in [0.2, 0.25) is 0 Å². The molecule has 222 valence electrons. The van der Waals surface area contributed by atoms with Crippen LogP contribution >= 0.6 is 0 Å². The minimum Gasteiger partial charge on any atom is -0.380 e. The summed E-state index contributed by atoms with van der Waals surface area (Å²) >= 11 is 0. The largest absolute Gasteiger partial charge is 0.380 e. The van der Waals surface area contributed by atoms with Gasteiger partial charge in [-0.3, -0.25) is 4.79 Å². The van der Waals surface area contributed by atoms with Gasteiger partial charge in [0.05, 0.1) is 54.9 Å². The fraction of sp³-hybridized carbons (Fsp3) is 0.414. The second kappa shape index (κ2) is 9.20. The van der Waals surface area contributed by atoms with E-state index in [1.165, 1.54) is 4.90 Å². The fourth-order valence-corrected chi connectivity index (χ4v) is 6.10. The molecule has 3 aromatic heterocycles. The zero-order valence-corrected chi connectivity index (χ0v) is 23.3. The predicted molar refractivity (Wildman–Crippen MR) is 149 cm³/mol. The monoisotopic (exact) mass is 590 g/mol. The number of aryl methyl sites for hydroxylation is 1. The van der Waals surface area contributed by atoms with Gasteiger partial charge in [-0.1, -0.05) is 17.3 Å². The fourth-order valence-electron chi connectivity index (χ4n) is 6.10. The van der Waals surface area contributed by atoms with Crippen LogP contribution in [0, 0.1) is 12.3 Å². The lowest BCUT2D eigenvalue weighted by Crippen LogP contribution is -2.66. The van der Waals surface area contributed by atoms with Gasteiger partial charge in [-0.25, -0.2) is 18.1 Å². The minimum absolute atomic E-state index is 0.166. The van der Waals surface area contributed by atoms with E-state index in [1.807, 2.05) is 37.4 Å². The van der Waals surface area contributed by atoms with Crippen LogP contribution in [0.15, 0.2) is 47.2 Å². The number of hydrogen-bond acceptors (Lipinski definition) is 8. The molecule has 43 heavy (non-hydrogen) atoms. The van der Waals surface area contributed by atoms with E-state index in [9.17, 15) is 18.4 Å². The third kappa shape index (κ3) is 4.39. The number of aromatic nitrogens is 4. The van der Waals surface area contributed by atoms with Gasteiger partial charge in [0.1, 0.15) is 0 Å². The molecule has 4 aliphatic rings. The number of nitrogens with zero attached hydrogens (tertiary/aromatic N) is 7. The van der Waals surface area contributed by atoms with Crippen molar-refractivity contribution in [1.29, 1.82) is 0 Å². The van der Waals surface area contributed by atoms with Crippen LogP contribution in [0.3, 0.4) is 0 Å². The summed E-state index contributed by atoms with van der Waals surface area (Å²) in [6.07, 6.45) is 3.43. The molecule has 8 rings (SSSR count). The summed E-state index contributed by atoms with van der Waals surface area (Å²) < 4.78 is 38.8. The molecule has 0 aliphatic carbocycles. The van der Waals surface area contributed by atoms with Crippen LogP contribution < -0.4 is 10.2 Å². The van der Waals surface area contributed by atoms with Crippen molar-refractivity contribution in [3.8, 4) is 11.4 Å². The number of ether oxygens (including phenoxy) is 1. The van der Waals surface area contributed by atoms with Crippen molar-refractivity contribution in [2.24, 2.45) is 5.41 Å². The number of carbonyl (C=O) groups excluding carboxylic acids is 2. The summed E-state index contributed by atoms with van der Waals surface area (Å²) in [4.78, 5) is 35.2. The van der Waals surface area contributed by atoms with Crippen molar-refractivity contribution in [2.75, 3.05) is 62.7 Å². The topological polar surface area (TPSA) is 121 Å². The summed E-state index contributed by atoms with van der Waals surface area (Å²) in [5, 5.41) is 11.5. The molecule has 12 nitrogen and oxygen atoms in total. The Hall–Kier alpha value is -4.59. The van der Waals surface area contributed by atoms with Gasteiger partial charge in [-0.05, 0) is 30.7 Å². The first-order chi connectivity index (χ1) is 20.7. The first-order valence-electron chi connectivity index (χ1n) is 14.1. The normalized spacial score (nSPS) is 20.4. The van der Waals surface area contributed by atoms with E-state index in [2.05, 4.69) is 25.5 Å². The average Bonchev–Trinajstić information content (AvgIpc) is 3.53. The van der Waals surface area contributed by atoms with E-state index >= 15 is 0 Å². The molecular formula is C29H28F2N8O4. The number of anilines is 2. The maximum absolute atomic E-state index is 13.4. The molecule has 4 aliphatic heterocycles. The quantitative estimate of drug-likeness (QED) is 0.376. The summed E-state index contributed by atoms with van der Waals surface area (Å²) in [5.74, 6) is -2.52. The number of nitrogens with one attached hydrogen (secondary N) is 1. The molecule has 1 N–H and O–H groups in total. The molecule has 14 heteroatoms. The maximum atomic E-state index is 13.4. The molecule has 0 bridgehead atoms. The second-order valence-electron chi connectivity index (χ2n) is 12.2. The summed E-state index contributed by atoms with van der Waals surface area (Å²) in [6.45, 7) is 4.96. The van der Waals surface area contributed by atoms with Crippen molar-refractivity contribution < 1.29 is 27.6 Å². The molecule has 3 amide bonds. The average molecular weight is 591 g/mol. The van der Waals surface area contributed by atoms with Gasteiger partial charge in [-0.15, -0.1) is 0 Å². The lowest BCUT2D eigenvalue weighted by Gasteiger charge is -2.56. The van der Waals surface area contributed by atoms with Gasteiger partial charge in [-0.2, -0.15) is 10.1 Å². The highest BCUT2D eigenvalue weighted by Crippen LogP contribution is 2.40. The molecule has 4 saturated heterocycles.